The van der Waals surface area contributed by atoms with Crippen molar-refractivity contribution >= 4 is 5.91 Å². The molecule has 1 rings (SSSR count). The fourth-order valence-electron chi connectivity index (χ4n) is 1.57. The van der Waals surface area contributed by atoms with Crippen LogP contribution < -0.4 is 10.5 Å². The van der Waals surface area contributed by atoms with Crippen molar-refractivity contribution in [2.24, 2.45) is 11.7 Å². The zero-order valence-electron chi connectivity index (χ0n) is 10.3. The van der Waals surface area contributed by atoms with Crippen LogP contribution in [0.2, 0.25) is 0 Å². The summed E-state index contributed by atoms with van der Waals surface area (Å²) < 4.78 is 5.71. The molecule has 0 heterocycles. The molecule has 0 atom stereocenters. The van der Waals surface area contributed by atoms with Crippen LogP contribution in [0.25, 0.3) is 0 Å². The SMILES string of the molecule is Cc1cc(C(N)=O)cc(C)c1OCC(C)C. The van der Waals surface area contributed by atoms with Gasteiger partial charge in [-0.3, -0.25) is 4.79 Å². The van der Waals surface area contributed by atoms with Gasteiger partial charge in [-0.15, -0.1) is 0 Å². The number of benzene rings is 1. The van der Waals surface area contributed by atoms with Crippen LogP contribution in [-0.4, -0.2) is 12.5 Å². The van der Waals surface area contributed by atoms with Gasteiger partial charge in [-0.1, -0.05) is 13.8 Å². The average molecular weight is 221 g/mol. The van der Waals surface area contributed by atoms with Crippen LogP contribution >= 0.6 is 0 Å². The molecule has 3 heteroatoms. The maximum atomic E-state index is 11.1. The van der Waals surface area contributed by atoms with E-state index >= 15 is 0 Å². The second-order valence-electron chi connectivity index (χ2n) is 4.51. The molecule has 1 amide bonds. The summed E-state index contributed by atoms with van der Waals surface area (Å²) >= 11 is 0. The fourth-order valence-corrected chi connectivity index (χ4v) is 1.57. The van der Waals surface area contributed by atoms with Crippen molar-refractivity contribution in [3.05, 3.63) is 28.8 Å². The summed E-state index contributed by atoms with van der Waals surface area (Å²) in [5.41, 5.74) is 7.68. The van der Waals surface area contributed by atoms with Crippen LogP contribution in [-0.2, 0) is 0 Å². The van der Waals surface area contributed by atoms with Gasteiger partial charge in [-0.25, -0.2) is 0 Å². The quantitative estimate of drug-likeness (QED) is 0.849. The number of carbonyl (C=O) groups excluding carboxylic acids is 1. The molecule has 2 N–H and O–H groups in total. The standard InChI is InChI=1S/C13H19NO2/c1-8(2)7-16-12-9(3)5-11(13(14)15)6-10(12)4/h5-6,8H,7H2,1-4H3,(H2,14,15). The maximum absolute atomic E-state index is 11.1. The fraction of sp³-hybridized carbons (Fsp3) is 0.462. The largest absolute Gasteiger partial charge is 0.493 e. The molecular weight excluding hydrogens is 202 g/mol. The summed E-state index contributed by atoms with van der Waals surface area (Å²) in [4.78, 5) is 11.1. The number of nitrogens with two attached hydrogens (primary N) is 1. The van der Waals surface area contributed by atoms with Crippen molar-refractivity contribution < 1.29 is 9.53 Å². The average Bonchev–Trinajstić information content (AvgIpc) is 2.15. The minimum atomic E-state index is -0.401. The molecule has 0 fully saturated rings. The number of aryl methyl sites for hydroxylation is 2. The van der Waals surface area contributed by atoms with Crippen LogP contribution in [0, 0.1) is 19.8 Å². The molecule has 0 unspecified atom stereocenters. The van der Waals surface area contributed by atoms with E-state index in [0.29, 0.717) is 18.1 Å². The van der Waals surface area contributed by atoms with E-state index in [1.54, 1.807) is 12.1 Å². The Morgan fingerprint density at radius 3 is 2.19 bits per heavy atom. The number of amides is 1. The predicted octanol–water partition coefficient (Wildman–Crippen LogP) is 2.44. The lowest BCUT2D eigenvalue weighted by Crippen LogP contribution is -2.12. The number of hydrogen-bond acceptors (Lipinski definition) is 2. The first kappa shape index (κ1) is 12.6. The molecule has 0 aliphatic rings. The Labute approximate surface area is 96.6 Å². The second kappa shape index (κ2) is 5.01. The van der Waals surface area contributed by atoms with Gasteiger partial charge < -0.3 is 10.5 Å². The minimum absolute atomic E-state index is 0.401. The molecule has 16 heavy (non-hydrogen) atoms. The van der Waals surface area contributed by atoms with Gasteiger partial charge in [0.2, 0.25) is 5.91 Å². The van der Waals surface area contributed by atoms with Crippen molar-refractivity contribution in [3.8, 4) is 5.75 Å². The number of primary amides is 1. The molecule has 0 spiro atoms. The van der Waals surface area contributed by atoms with E-state index in [9.17, 15) is 4.79 Å². The van der Waals surface area contributed by atoms with Gasteiger partial charge in [0.25, 0.3) is 0 Å². The first-order valence-corrected chi connectivity index (χ1v) is 5.45. The van der Waals surface area contributed by atoms with E-state index in [4.69, 9.17) is 10.5 Å². The molecule has 0 bridgehead atoms. The van der Waals surface area contributed by atoms with E-state index in [1.807, 2.05) is 13.8 Å². The van der Waals surface area contributed by atoms with E-state index in [0.717, 1.165) is 16.9 Å². The third-order valence-electron chi connectivity index (χ3n) is 2.31. The number of rotatable bonds is 4. The summed E-state index contributed by atoms with van der Waals surface area (Å²) in [5.74, 6) is 0.940. The van der Waals surface area contributed by atoms with Crippen molar-refractivity contribution in [2.45, 2.75) is 27.7 Å². The Morgan fingerprint density at radius 2 is 1.81 bits per heavy atom. The molecule has 88 valence electrons. The van der Waals surface area contributed by atoms with Crippen LogP contribution in [0.15, 0.2) is 12.1 Å². The maximum Gasteiger partial charge on any atom is 0.248 e. The molecule has 0 aliphatic carbocycles. The lowest BCUT2D eigenvalue weighted by Gasteiger charge is -2.14. The zero-order valence-corrected chi connectivity index (χ0v) is 10.3. The first-order chi connectivity index (χ1) is 7.41. The van der Waals surface area contributed by atoms with Gasteiger partial charge in [0.15, 0.2) is 0 Å². The molecule has 3 nitrogen and oxygen atoms in total. The van der Waals surface area contributed by atoms with E-state index in [1.165, 1.54) is 0 Å². The monoisotopic (exact) mass is 221 g/mol. The van der Waals surface area contributed by atoms with Crippen molar-refractivity contribution in [1.82, 2.24) is 0 Å². The highest BCUT2D eigenvalue weighted by molar-refractivity contribution is 5.93. The Hall–Kier alpha value is -1.51. The first-order valence-electron chi connectivity index (χ1n) is 5.45. The van der Waals surface area contributed by atoms with Crippen molar-refractivity contribution in [1.29, 1.82) is 0 Å². The lowest BCUT2D eigenvalue weighted by molar-refractivity contribution is 0.1000. The van der Waals surface area contributed by atoms with E-state index < -0.39 is 5.91 Å². The number of ether oxygens (including phenoxy) is 1. The smallest absolute Gasteiger partial charge is 0.248 e. The van der Waals surface area contributed by atoms with Crippen LogP contribution in [0.5, 0.6) is 5.75 Å². The lowest BCUT2D eigenvalue weighted by atomic mass is 10.1. The van der Waals surface area contributed by atoms with Crippen LogP contribution in [0.3, 0.4) is 0 Å². The number of hydrogen-bond donors (Lipinski definition) is 1. The summed E-state index contributed by atoms with van der Waals surface area (Å²) in [6.45, 7) is 8.73. The number of carbonyl (C=O) groups is 1. The second-order valence-corrected chi connectivity index (χ2v) is 4.51. The molecule has 0 saturated heterocycles. The highest BCUT2D eigenvalue weighted by Crippen LogP contribution is 2.25. The Bertz CT molecular complexity index is 374. The van der Waals surface area contributed by atoms with Gasteiger partial charge in [-0.2, -0.15) is 0 Å². The topological polar surface area (TPSA) is 52.3 Å². The van der Waals surface area contributed by atoms with Crippen LogP contribution in [0.1, 0.15) is 35.3 Å². The van der Waals surface area contributed by atoms with Gasteiger partial charge >= 0.3 is 0 Å². The van der Waals surface area contributed by atoms with Gasteiger partial charge in [0.1, 0.15) is 5.75 Å². The molecule has 1 aromatic carbocycles. The minimum Gasteiger partial charge on any atom is -0.493 e. The summed E-state index contributed by atoms with van der Waals surface area (Å²) in [6.07, 6.45) is 0. The molecule has 0 radical (unpaired) electrons. The Kier molecular flexibility index (Phi) is 3.93. The van der Waals surface area contributed by atoms with Crippen LogP contribution in [0.4, 0.5) is 0 Å². The van der Waals surface area contributed by atoms with Gasteiger partial charge in [0.05, 0.1) is 6.61 Å². The van der Waals surface area contributed by atoms with E-state index in [2.05, 4.69) is 13.8 Å². The molecule has 1 aromatic rings. The van der Waals surface area contributed by atoms with Gasteiger partial charge in [-0.05, 0) is 43.0 Å². The third kappa shape index (κ3) is 2.99. The van der Waals surface area contributed by atoms with Crippen molar-refractivity contribution in [3.63, 3.8) is 0 Å². The highest BCUT2D eigenvalue weighted by atomic mass is 16.5. The summed E-state index contributed by atoms with van der Waals surface area (Å²) in [7, 11) is 0. The Morgan fingerprint density at radius 1 is 1.31 bits per heavy atom. The normalized spacial score (nSPS) is 10.6. The molecular formula is C13H19NO2. The molecule has 0 aromatic heterocycles. The van der Waals surface area contributed by atoms with Crippen molar-refractivity contribution in [2.75, 3.05) is 6.61 Å². The summed E-state index contributed by atoms with van der Waals surface area (Å²) in [6, 6.07) is 3.54. The predicted molar refractivity (Wildman–Crippen MR) is 64.8 cm³/mol. The van der Waals surface area contributed by atoms with Gasteiger partial charge in [0, 0.05) is 5.56 Å². The third-order valence-corrected chi connectivity index (χ3v) is 2.31. The zero-order chi connectivity index (χ0) is 12.3. The Balaban J connectivity index is 2.98. The summed E-state index contributed by atoms with van der Waals surface area (Å²) in [5, 5.41) is 0. The molecule has 0 aliphatic heterocycles. The molecule has 0 saturated carbocycles. The highest BCUT2D eigenvalue weighted by Gasteiger charge is 2.09. The van der Waals surface area contributed by atoms with E-state index in [-0.39, 0.29) is 0 Å².